The van der Waals surface area contributed by atoms with Gasteiger partial charge in [-0.05, 0) is 9.88 Å². The molecule has 0 saturated heterocycles. The average Bonchev–Trinajstić information content (AvgIpc) is 2.87. The summed E-state index contributed by atoms with van der Waals surface area (Å²) in [5.41, 5.74) is 0. The molecule has 0 bridgehead atoms. The summed E-state index contributed by atoms with van der Waals surface area (Å²) in [6, 6.07) is 18.2. The van der Waals surface area contributed by atoms with Crippen molar-refractivity contribution < 1.29 is 0 Å². The number of rotatable bonds is 4. The topological polar surface area (TPSA) is 0 Å². The highest BCUT2D eigenvalue weighted by molar-refractivity contribution is 7.28. The van der Waals surface area contributed by atoms with Crippen LogP contribution in [0.1, 0.15) is 13.8 Å². The Labute approximate surface area is 103 Å². The minimum Gasteiger partial charge on any atom is -0.153 e. The second-order valence-electron chi connectivity index (χ2n) is 4.13. The van der Waals surface area contributed by atoms with Gasteiger partial charge in [-0.1, -0.05) is 73.6 Å². The number of hydrogen-bond acceptors (Lipinski definition) is 1. The Kier molecular flexibility index (Phi) is 3.61. The van der Waals surface area contributed by atoms with E-state index >= 15 is 0 Å². The van der Waals surface area contributed by atoms with Crippen LogP contribution in [0.4, 0.5) is 0 Å². The third-order valence-corrected chi connectivity index (χ3v) is 10.7. The third kappa shape index (κ3) is 1.87. The molecule has 2 aromatic rings. The van der Waals surface area contributed by atoms with Crippen LogP contribution in [0.5, 0.6) is 0 Å². The van der Waals surface area contributed by atoms with Crippen molar-refractivity contribution >= 4 is 29.1 Å². The van der Waals surface area contributed by atoms with E-state index < -0.39 is 8.07 Å². The van der Waals surface area contributed by atoms with Gasteiger partial charge in [-0.3, -0.25) is 0 Å². The van der Waals surface area contributed by atoms with Gasteiger partial charge in [-0.2, -0.15) is 11.3 Å². The van der Waals surface area contributed by atoms with E-state index in [4.69, 9.17) is 0 Å². The van der Waals surface area contributed by atoms with Gasteiger partial charge in [0.15, 0.2) is 0 Å². The summed E-state index contributed by atoms with van der Waals surface area (Å²) in [6.45, 7) is 4.70. The van der Waals surface area contributed by atoms with Crippen LogP contribution < -0.4 is 9.69 Å². The minimum atomic E-state index is -1.42. The molecule has 0 amide bonds. The molecule has 1 aromatic heterocycles. The molecule has 2 heteroatoms. The van der Waals surface area contributed by atoms with E-state index in [1.807, 2.05) is 11.3 Å². The lowest BCUT2D eigenvalue weighted by Crippen LogP contribution is -2.55. The van der Waals surface area contributed by atoms with Crippen LogP contribution in [0.25, 0.3) is 0 Å². The van der Waals surface area contributed by atoms with Crippen LogP contribution in [0.15, 0.2) is 47.8 Å². The predicted octanol–water partition coefficient (Wildman–Crippen LogP) is 3.35. The van der Waals surface area contributed by atoms with Gasteiger partial charge < -0.3 is 0 Å². The van der Waals surface area contributed by atoms with Crippen molar-refractivity contribution in [2.45, 2.75) is 25.9 Å². The van der Waals surface area contributed by atoms with Gasteiger partial charge in [0.05, 0.1) is 0 Å². The van der Waals surface area contributed by atoms with Crippen molar-refractivity contribution in [3.63, 3.8) is 0 Å². The maximum atomic E-state index is 2.35. The molecule has 16 heavy (non-hydrogen) atoms. The highest BCUT2D eigenvalue weighted by atomic mass is 32.1. The van der Waals surface area contributed by atoms with Crippen molar-refractivity contribution in [3.05, 3.63) is 47.8 Å². The van der Waals surface area contributed by atoms with Crippen molar-refractivity contribution in [2.75, 3.05) is 0 Å². The summed E-state index contributed by atoms with van der Waals surface area (Å²) < 4.78 is 1.63. The Hall–Kier alpha value is -0.863. The van der Waals surface area contributed by atoms with E-state index in [1.54, 1.807) is 9.69 Å². The molecule has 0 N–H and O–H groups in total. The second kappa shape index (κ2) is 4.98. The SMILES string of the molecule is CC[Si](CC)(c1ccccc1)c1cccs1. The van der Waals surface area contributed by atoms with Gasteiger partial charge in [-0.15, -0.1) is 0 Å². The first-order chi connectivity index (χ1) is 7.83. The maximum absolute atomic E-state index is 2.35. The molecule has 84 valence electrons. The van der Waals surface area contributed by atoms with Gasteiger partial charge in [0.1, 0.15) is 8.07 Å². The summed E-state index contributed by atoms with van der Waals surface area (Å²) in [5.74, 6) is 0. The molecule has 0 aliphatic rings. The van der Waals surface area contributed by atoms with Crippen LogP contribution >= 0.6 is 11.3 Å². The lowest BCUT2D eigenvalue weighted by atomic mass is 10.4. The Balaban J connectivity index is 2.52. The zero-order valence-corrected chi connectivity index (χ0v) is 11.8. The summed E-state index contributed by atoms with van der Waals surface area (Å²) in [6.07, 6.45) is 0. The van der Waals surface area contributed by atoms with E-state index in [2.05, 4.69) is 61.7 Å². The second-order valence-corrected chi connectivity index (χ2v) is 10.1. The minimum absolute atomic E-state index is 1.30. The van der Waals surface area contributed by atoms with Crippen LogP contribution in [-0.2, 0) is 0 Å². The summed E-state index contributed by atoms with van der Waals surface area (Å²) >= 11 is 1.94. The molecule has 0 fully saturated rings. The Morgan fingerprint density at radius 1 is 0.938 bits per heavy atom. The Morgan fingerprint density at radius 2 is 1.62 bits per heavy atom. The zero-order valence-electron chi connectivity index (χ0n) is 9.94. The van der Waals surface area contributed by atoms with E-state index in [-0.39, 0.29) is 0 Å². The Bertz CT molecular complexity index is 415. The Morgan fingerprint density at radius 3 is 2.12 bits per heavy atom. The van der Waals surface area contributed by atoms with Crippen LogP contribution in [0.3, 0.4) is 0 Å². The van der Waals surface area contributed by atoms with E-state index in [0.29, 0.717) is 0 Å². The normalized spacial score (nSPS) is 11.6. The highest BCUT2D eigenvalue weighted by Gasteiger charge is 2.34. The fourth-order valence-electron chi connectivity index (χ4n) is 2.46. The summed E-state index contributed by atoms with van der Waals surface area (Å²) in [4.78, 5) is 0. The zero-order chi connectivity index (χ0) is 11.4. The van der Waals surface area contributed by atoms with Crippen molar-refractivity contribution in [1.82, 2.24) is 0 Å². The molecule has 0 saturated carbocycles. The number of benzene rings is 1. The number of hydrogen-bond donors (Lipinski definition) is 0. The largest absolute Gasteiger partial charge is 0.153 e. The van der Waals surface area contributed by atoms with Crippen LogP contribution in [-0.4, -0.2) is 8.07 Å². The molecule has 0 unspecified atom stereocenters. The fraction of sp³-hybridized carbons (Fsp3) is 0.286. The third-order valence-electron chi connectivity index (χ3n) is 3.53. The van der Waals surface area contributed by atoms with E-state index in [1.165, 1.54) is 12.1 Å². The van der Waals surface area contributed by atoms with Crippen LogP contribution in [0.2, 0.25) is 12.1 Å². The van der Waals surface area contributed by atoms with Gasteiger partial charge in [0.25, 0.3) is 0 Å². The first-order valence-electron chi connectivity index (χ1n) is 5.93. The summed E-state index contributed by atoms with van der Waals surface area (Å²) in [5, 5.41) is 3.80. The standard InChI is InChI=1S/C14H18SSi/c1-3-16(4-2,14-11-8-12-15-14)13-9-6-5-7-10-13/h5-12H,3-4H2,1-2H3. The van der Waals surface area contributed by atoms with Crippen molar-refractivity contribution in [2.24, 2.45) is 0 Å². The molecule has 0 aliphatic heterocycles. The number of thiophene rings is 1. The first-order valence-corrected chi connectivity index (χ1v) is 9.22. The molecular formula is C14H18SSi. The van der Waals surface area contributed by atoms with Gasteiger partial charge >= 0.3 is 0 Å². The maximum Gasteiger partial charge on any atom is 0.130 e. The molecule has 0 nitrogen and oxygen atoms in total. The highest BCUT2D eigenvalue weighted by Crippen LogP contribution is 2.18. The van der Waals surface area contributed by atoms with Gasteiger partial charge in [0.2, 0.25) is 0 Å². The molecule has 1 heterocycles. The molecule has 2 rings (SSSR count). The van der Waals surface area contributed by atoms with Crippen molar-refractivity contribution in [1.29, 1.82) is 0 Å². The van der Waals surface area contributed by atoms with E-state index in [0.717, 1.165) is 0 Å². The molecule has 1 aromatic carbocycles. The summed E-state index contributed by atoms with van der Waals surface area (Å²) in [7, 11) is -1.42. The monoisotopic (exact) mass is 246 g/mol. The molecular weight excluding hydrogens is 228 g/mol. The molecule has 0 radical (unpaired) electrons. The van der Waals surface area contributed by atoms with Crippen LogP contribution in [0, 0.1) is 0 Å². The fourth-order valence-corrected chi connectivity index (χ4v) is 8.79. The van der Waals surface area contributed by atoms with Gasteiger partial charge in [-0.25, -0.2) is 0 Å². The van der Waals surface area contributed by atoms with Gasteiger partial charge in [0, 0.05) is 0 Å². The lowest BCUT2D eigenvalue weighted by molar-refractivity contribution is 1.29. The first kappa shape index (κ1) is 11.6. The lowest BCUT2D eigenvalue weighted by Gasteiger charge is -2.28. The average molecular weight is 246 g/mol. The smallest absolute Gasteiger partial charge is 0.130 e. The molecule has 0 atom stereocenters. The molecule has 0 aliphatic carbocycles. The molecule has 0 spiro atoms. The van der Waals surface area contributed by atoms with Crippen molar-refractivity contribution in [3.8, 4) is 0 Å². The van der Waals surface area contributed by atoms with E-state index in [9.17, 15) is 0 Å². The quantitative estimate of drug-likeness (QED) is 0.726. The predicted molar refractivity (Wildman–Crippen MR) is 76.7 cm³/mol.